The van der Waals surface area contributed by atoms with Gasteiger partial charge in [0.05, 0.1) is 5.69 Å². The summed E-state index contributed by atoms with van der Waals surface area (Å²) < 4.78 is 1.73. The van der Waals surface area contributed by atoms with Crippen LogP contribution in [0.15, 0.2) is 24.3 Å². The van der Waals surface area contributed by atoms with Crippen LogP contribution in [0.1, 0.15) is 37.4 Å². The molecule has 0 saturated heterocycles. The predicted octanol–water partition coefficient (Wildman–Crippen LogP) is 3.49. The van der Waals surface area contributed by atoms with Crippen molar-refractivity contribution in [2.45, 2.75) is 33.1 Å². The topological polar surface area (TPSA) is 43.8 Å². The van der Waals surface area contributed by atoms with Crippen molar-refractivity contribution in [2.75, 3.05) is 5.73 Å². The Morgan fingerprint density at radius 2 is 1.89 bits per heavy atom. The van der Waals surface area contributed by atoms with E-state index in [9.17, 15) is 0 Å². The van der Waals surface area contributed by atoms with Crippen molar-refractivity contribution in [1.29, 1.82) is 0 Å². The maximum absolute atomic E-state index is 6.06. The van der Waals surface area contributed by atoms with Gasteiger partial charge in [0.25, 0.3) is 0 Å². The highest BCUT2D eigenvalue weighted by Gasteiger charge is 2.12. The highest BCUT2D eigenvalue weighted by Crippen LogP contribution is 2.30. The first kappa shape index (κ1) is 12.7. The molecule has 1 atom stereocenters. The molecule has 0 aliphatic rings. The zero-order chi connectivity index (χ0) is 13.3. The van der Waals surface area contributed by atoms with Gasteiger partial charge in [-0.25, -0.2) is 0 Å². The molecule has 0 fully saturated rings. The molecule has 0 aliphatic heterocycles. The summed E-state index contributed by atoms with van der Waals surface area (Å²) in [5.74, 6) is 1.33. The summed E-state index contributed by atoms with van der Waals surface area (Å²) in [4.78, 5) is 0. The lowest BCUT2D eigenvalue weighted by atomic mass is 9.96. The fourth-order valence-corrected chi connectivity index (χ4v) is 2.25. The first-order chi connectivity index (χ1) is 8.54. The summed E-state index contributed by atoms with van der Waals surface area (Å²) >= 11 is 0. The smallest absolute Gasteiger partial charge is 0.129 e. The van der Waals surface area contributed by atoms with Crippen molar-refractivity contribution in [1.82, 2.24) is 9.78 Å². The number of hydrogen-bond donors (Lipinski definition) is 1. The van der Waals surface area contributed by atoms with Gasteiger partial charge in [-0.1, -0.05) is 38.1 Å². The van der Waals surface area contributed by atoms with Crippen LogP contribution in [-0.4, -0.2) is 9.78 Å². The molecule has 18 heavy (non-hydrogen) atoms. The van der Waals surface area contributed by atoms with Gasteiger partial charge in [-0.3, -0.25) is 4.68 Å². The van der Waals surface area contributed by atoms with Crippen molar-refractivity contribution in [3.63, 3.8) is 0 Å². The molecule has 1 aromatic carbocycles. The summed E-state index contributed by atoms with van der Waals surface area (Å²) in [5, 5.41) is 4.35. The lowest BCUT2D eigenvalue weighted by molar-refractivity contribution is 0.734. The first-order valence-electron chi connectivity index (χ1n) is 6.44. The quantitative estimate of drug-likeness (QED) is 0.896. The number of nitrogens with zero attached hydrogens (tertiary/aromatic N) is 2. The van der Waals surface area contributed by atoms with Crippen LogP contribution >= 0.6 is 0 Å². The second-order valence-electron chi connectivity index (χ2n) is 4.90. The Morgan fingerprint density at radius 1 is 1.28 bits per heavy atom. The van der Waals surface area contributed by atoms with Gasteiger partial charge >= 0.3 is 0 Å². The standard InChI is InChI=1S/C15H21N3/c1-5-10(2)12-6-8-13(9-7-12)14-11(3)17-18(4)15(14)16/h6-10H,5,16H2,1-4H3. The zero-order valence-electron chi connectivity index (χ0n) is 11.6. The van der Waals surface area contributed by atoms with Gasteiger partial charge in [0.2, 0.25) is 0 Å². The summed E-state index contributed by atoms with van der Waals surface area (Å²) in [6.45, 7) is 6.45. The number of aromatic nitrogens is 2. The number of benzene rings is 1. The van der Waals surface area contributed by atoms with Gasteiger partial charge in [0.1, 0.15) is 5.82 Å². The van der Waals surface area contributed by atoms with Gasteiger partial charge in [0, 0.05) is 12.6 Å². The molecule has 96 valence electrons. The van der Waals surface area contributed by atoms with Crippen molar-refractivity contribution in [3.8, 4) is 11.1 Å². The Bertz CT molecular complexity index is 538. The van der Waals surface area contributed by atoms with Crippen molar-refractivity contribution >= 4 is 5.82 Å². The Kier molecular flexibility index (Phi) is 3.41. The van der Waals surface area contributed by atoms with E-state index < -0.39 is 0 Å². The molecule has 0 bridgehead atoms. The van der Waals surface area contributed by atoms with Crippen molar-refractivity contribution in [2.24, 2.45) is 7.05 Å². The third kappa shape index (κ3) is 2.13. The second-order valence-corrected chi connectivity index (χ2v) is 4.90. The first-order valence-corrected chi connectivity index (χ1v) is 6.44. The number of rotatable bonds is 3. The molecule has 1 aromatic heterocycles. The molecule has 1 unspecified atom stereocenters. The summed E-state index contributed by atoms with van der Waals surface area (Å²) in [6, 6.07) is 8.66. The fraction of sp³-hybridized carbons (Fsp3) is 0.400. The number of nitrogens with two attached hydrogens (primary N) is 1. The van der Waals surface area contributed by atoms with E-state index in [0.717, 1.165) is 29.1 Å². The predicted molar refractivity (Wildman–Crippen MR) is 76.5 cm³/mol. The lowest BCUT2D eigenvalue weighted by Gasteiger charge is -2.10. The molecule has 0 spiro atoms. The van der Waals surface area contributed by atoms with E-state index in [4.69, 9.17) is 5.73 Å². The maximum atomic E-state index is 6.06. The Balaban J connectivity index is 2.40. The fourth-order valence-electron chi connectivity index (χ4n) is 2.25. The minimum atomic E-state index is 0.603. The molecule has 2 rings (SSSR count). The number of anilines is 1. The molecule has 2 aromatic rings. The summed E-state index contributed by atoms with van der Waals surface area (Å²) in [5.41, 5.74) is 10.6. The molecule has 0 saturated carbocycles. The number of nitrogen functional groups attached to an aromatic ring is 1. The van der Waals surface area contributed by atoms with E-state index in [2.05, 4.69) is 43.2 Å². The highest BCUT2D eigenvalue weighted by molar-refractivity contribution is 5.76. The summed E-state index contributed by atoms with van der Waals surface area (Å²) in [7, 11) is 1.87. The van der Waals surface area contributed by atoms with Gasteiger partial charge < -0.3 is 5.73 Å². The summed E-state index contributed by atoms with van der Waals surface area (Å²) in [6.07, 6.45) is 1.16. The minimum Gasteiger partial charge on any atom is -0.383 e. The van der Waals surface area contributed by atoms with Gasteiger partial charge in [-0.05, 0) is 30.4 Å². The van der Waals surface area contributed by atoms with Crippen LogP contribution in [0.4, 0.5) is 5.82 Å². The average Bonchev–Trinajstić information content (AvgIpc) is 2.63. The van der Waals surface area contributed by atoms with Crippen LogP contribution in [0.2, 0.25) is 0 Å². The third-order valence-corrected chi connectivity index (χ3v) is 3.65. The number of hydrogen-bond acceptors (Lipinski definition) is 2. The highest BCUT2D eigenvalue weighted by atomic mass is 15.3. The Hall–Kier alpha value is -1.77. The SMILES string of the molecule is CCC(C)c1ccc(-c2c(C)nn(C)c2N)cc1. The molecule has 3 heteroatoms. The van der Waals surface area contributed by atoms with Crippen LogP contribution in [0.25, 0.3) is 11.1 Å². The maximum Gasteiger partial charge on any atom is 0.129 e. The van der Waals surface area contributed by atoms with E-state index in [1.807, 2.05) is 14.0 Å². The van der Waals surface area contributed by atoms with Crippen LogP contribution < -0.4 is 5.73 Å². The Labute approximate surface area is 109 Å². The normalized spacial score (nSPS) is 12.7. The monoisotopic (exact) mass is 243 g/mol. The van der Waals surface area contributed by atoms with Crippen molar-refractivity contribution in [3.05, 3.63) is 35.5 Å². The molecule has 3 nitrogen and oxygen atoms in total. The molecule has 0 amide bonds. The Morgan fingerprint density at radius 3 is 2.33 bits per heavy atom. The molecular weight excluding hydrogens is 222 g/mol. The van der Waals surface area contributed by atoms with Crippen LogP contribution in [-0.2, 0) is 7.05 Å². The molecule has 0 radical (unpaired) electrons. The zero-order valence-corrected chi connectivity index (χ0v) is 11.6. The molecule has 1 heterocycles. The number of aryl methyl sites for hydroxylation is 2. The third-order valence-electron chi connectivity index (χ3n) is 3.65. The average molecular weight is 243 g/mol. The van der Waals surface area contributed by atoms with Crippen LogP contribution in [0.5, 0.6) is 0 Å². The minimum absolute atomic E-state index is 0.603. The second kappa shape index (κ2) is 4.84. The van der Waals surface area contributed by atoms with E-state index in [-0.39, 0.29) is 0 Å². The van der Waals surface area contributed by atoms with E-state index in [0.29, 0.717) is 5.92 Å². The van der Waals surface area contributed by atoms with E-state index in [1.165, 1.54) is 5.56 Å². The van der Waals surface area contributed by atoms with E-state index in [1.54, 1.807) is 4.68 Å². The molecule has 0 aliphatic carbocycles. The van der Waals surface area contributed by atoms with Gasteiger partial charge in [-0.2, -0.15) is 5.10 Å². The van der Waals surface area contributed by atoms with Crippen LogP contribution in [0.3, 0.4) is 0 Å². The largest absolute Gasteiger partial charge is 0.383 e. The molecular formula is C15H21N3. The van der Waals surface area contributed by atoms with Crippen LogP contribution in [0, 0.1) is 6.92 Å². The van der Waals surface area contributed by atoms with Gasteiger partial charge in [-0.15, -0.1) is 0 Å². The van der Waals surface area contributed by atoms with Crippen molar-refractivity contribution < 1.29 is 0 Å². The van der Waals surface area contributed by atoms with Gasteiger partial charge in [0.15, 0.2) is 0 Å². The molecule has 2 N–H and O–H groups in total. The van der Waals surface area contributed by atoms with E-state index >= 15 is 0 Å². The lowest BCUT2D eigenvalue weighted by Crippen LogP contribution is -1.98.